The van der Waals surface area contributed by atoms with Crippen LogP contribution in [0, 0.1) is 0 Å². The van der Waals surface area contributed by atoms with Gasteiger partial charge in [-0.25, -0.2) is 9.97 Å². The molecular weight excluding hydrogens is 667 g/mol. The third-order valence-electron chi connectivity index (χ3n) is 10.9. The van der Waals surface area contributed by atoms with Gasteiger partial charge in [0.25, 0.3) is 0 Å². The van der Waals surface area contributed by atoms with Crippen molar-refractivity contribution >= 4 is 54.3 Å². The molecule has 0 aliphatic carbocycles. The summed E-state index contributed by atoms with van der Waals surface area (Å²) in [6.45, 7) is 0. The molecule has 0 N–H and O–H groups in total. The Bertz CT molecular complexity index is 3250. The first kappa shape index (κ1) is 31.2. The summed E-state index contributed by atoms with van der Waals surface area (Å²) in [6.07, 6.45) is 0. The summed E-state index contributed by atoms with van der Waals surface area (Å²) in [4.78, 5) is 10.8. The standard InChI is InChI=1S/C52H33N3/c1-3-15-36(16-4-1)52-54-49-31-40(27-28-50(49)55(52)42-19-5-2-6-20-42)45-32-47-46(39-25-23-34-13-7-9-17-37(34)29-39)33-48(53-51(47)44-22-12-11-21-43(44)45)41-26-24-35-14-8-10-18-38(35)30-41/h1-33H. The maximum absolute atomic E-state index is 5.48. The van der Waals surface area contributed by atoms with Crippen LogP contribution in [0.3, 0.4) is 0 Å². The Hall–Kier alpha value is -7.36. The molecule has 0 atom stereocenters. The Morgan fingerprint density at radius 3 is 1.65 bits per heavy atom. The smallest absolute Gasteiger partial charge is 0.145 e. The maximum atomic E-state index is 5.48. The lowest BCUT2D eigenvalue weighted by molar-refractivity contribution is 1.10. The zero-order valence-corrected chi connectivity index (χ0v) is 29.9. The molecule has 2 heterocycles. The molecule has 0 fully saturated rings. The summed E-state index contributed by atoms with van der Waals surface area (Å²) in [6, 6.07) is 71.6. The van der Waals surface area contributed by atoms with Crippen LogP contribution in [0.1, 0.15) is 0 Å². The molecule has 11 rings (SSSR count). The van der Waals surface area contributed by atoms with Crippen molar-refractivity contribution in [3.8, 4) is 50.6 Å². The van der Waals surface area contributed by atoms with Gasteiger partial charge in [-0.1, -0.05) is 152 Å². The summed E-state index contributed by atoms with van der Waals surface area (Å²) in [7, 11) is 0. The number of fused-ring (bicyclic) bond motifs is 6. The number of hydrogen-bond donors (Lipinski definition) is 0. The van der Waals surface area contributed by atoms with E-state index in [2.05, 4.69) is 199 Å². The van der Waals surface area contributed by atoms with E-state index >= 15 is 0 Å². The average molecular weight is 700 g/mol. The molecule has 0 aliphatic rings. The number of hydrogen-bond acceptors (Lipinski definition) is 2. The van der Waals surface area contributed by atoms with Gasteiger partial charge >= 0.3 is 0 Å². The SMILES string of the molecule is c1ccc(-c2nc3cc(-c4cc5c(-c6ccc7ccccc7c6)cc(-c6ccc7ccccc7c6)nc5c5ccccc45)ccc3n2-c2ccccc2)cc1. The van der Waals surface area contributed by atoms with Crippen LogP contribution in [0.5, 0.6) is 0 Å². The summed E-state index contributed by atoms with van der Waals surface area (Å²) >= 11 is 0. The fraction of sp³-hybridized carbons (Fsp3) is 0. The first-order chi connectivity index (χ1) is 27.2. The van der Waals surface area contributed by atoms with E-state index in [0.29, 0.717) is 0 Å². The Kier molecular flexibility index (Phi) is 7.17. The molecule has 256 valence electrons. The third kappa shape index (κ3) is 5.28. The minimum absolute atomic E-state index is 0.923. The molecule has 9 aromatic carbocycles. The highest BCUT2D eigenvalue weighted by Gasteiger charge is 2.19. The van der Waals surface area contributed by atoms with Crippen LogP contribution >= 0.6 is 0 Å². The minimum Gasteiger partial charge on any atom is -0.292 e. The number of imidazole rings is 1. The van der Waals surface area contributed by atoms with E-state index in [1.54, 1.807) is 0 Å². The molecule has 0 amide bonds. The molecule has 3 nitrogen and oxygen atoms in total. The molecule has 0 saturated carbocycles. The number of para-hydroxylation sites is 1. The van der Waals surface area contributed by atoms with Crippen molar-refractivity contribution in [3.05, 3.63) is 200 Å². The zero-order valence-electron chi connectivity index (χ0n) is 29.9. The Morgan fingerprint density at radius 1 is 0.345 bits per heavy atom. The van der Waals surface area contributed by atoms with Crippen molar-refractivity contribution in [2.45, 2.75) is 0 Å². The Labute approximate surface area is 318 Å². The lowest BCUT2D eigenvalue weighted by Gasteiger charge is -2.16. The summed E-state index contributed by atoms with van der Waals surface area (Å²) < 4.78 is 2.27. The van der Waals surface area contributed by atoms with E-state index in [-0.39, 0.29) is 0 Å². The third-order valence-corrected chi connectivity index (χ3v) is 10.9. The van der Waals surface area contributed by atoms with E-state index in [1.807, 2.05) is 6.07 Å². The van der Waals surface area contributed by atoms with Gasteiger partial charge in [-0.05, 0) is 97.7 Å². The Morgan fingerprint density at radius 2 is 0.909 bits per heavy atom. The topological polar surface area (TPSA) is 30.7 Å². The number of aromatic nitrogens is 3. The van der Waals surface area contributed by atoms with Gasteiger partial charge in [-0.15, -0.1) is 0 Å². The molecule has 55 heavy (non-hydrogen) atoms. The van der Waals surface area contributed by atoms with E-state index < -0.39 is 0 Å². The number of nitrogens with zero attached hydrogens (tertiary/aromatic N) is 3. The fourth-order valence-corrected chi connectivity index (χ4v) is 8.25. The largest absolute Gasteiger partial charge is 0.292 e. The molecule has 11 aromatic rings. The molecule has 0 unspecified atom stereocenters. The molecule has 0 radical (unpaired) electrons. The minimum atomic E-state index is 0.923. The second-order valence-electron chi connectivity index (χ2n) is 14.2. The van der Waals surface area contributed by atoms with E-state index in [1.165, 1.54) is 27.1 Å². The van der Waals surface area contributed by atoms with E-state index in [9.17, 15) is 0 Å². The number of benzene rings is 9. The van der Waals surface area contributed by atoms with Crippen LogP contribution in [0.15, 0.2) is 200 Å². The van der Waals surface area contributed by atoms with Crippen LogP contribution in [0.25, 0.3) is 105 Å². The molecule has 0 spiro atoms. The highest BCUT2D eigenvalue weighted by Crippen LogP contribution is 2.42. The predicted octanol–water partition coefficient (Wildman–Crippen LogP) is 13.7. The number of rotatable bonds is 5. The molecule has 3 heteroatoms. The van der Waals surface area contributed by atoms with Crippen molar-refractivity contribution in [1.82, 2.24) is 14.5 Å². The van der Waals surface area contributed by atoms with Gasteiger partial charge in [-0.3, -0.25) is 4.57 Å². The van der Waals surface area contributed by atoms with Crippen molar-refractivity contribution < 1.29 is 0 Å². The second-order valence-corrected chi connectivity index (χ2v) is 14.2. The van der Waals surface area contributed by atoms with Crippen molar-refractivity contribution in [2.24, 2.45) is 0 Å². The van der Waals surface area contributed by atoms with Gasteiger partial charge in [-0.2, -0.15) is 0 Å². The van der Waals surface area contributed by atoms with E-state index in [0.717, 1.165) is 77.7 Å². The molecule has 0 aliphatic heterocycles. The van der Waals surface area contributed by atoms with Crippen LogP contribution in [0.4, 0.5) is 0 Å². The second kappa shape index (κ2) is 12.6. The fourth-order valence-electron chi connectivity index (χ4n) is 8.25. The number of pyridine rings is 1. The summed E-state index contributed by atoms with van der Waals surface area (Å²) in [5.41, 5.74) is 11.8. The first-order valence-corrected chi connectivity index (χ1v) is 18.7. The van der Waals surface area contributed by atoms with Crippen molar-refractivity contribution in [2.75, 3.05) is 0 Å². The van der Waals surface area contributed by atoms with Crippen molar-refractivity contribution in [3.63, 3.8) is 0 Å². The van der Waals surface area contributed by atoms with Gasteiger partial charge in [0.1, 0.15) is 5.82 Å². The molecule has 0 saturated heterocycles. The normalized spacial score (nSPS) is 11.6. The monoisotopic (exact) mass is 699 g/mol. The van der Waals surface area contributed by atoms with Gasteiger partial charge < -0.3 is 0 Å². The highest BCUT2D eigenvalue weighted by atomic mass is 15.1. The van der Waals surface area contributed by atoms with Crippen LogP contribution in [-0.4, -0.2) is 14.5 Å². The van der Waals surface area contributed by atoms with E-state index in [4.69, 9.17) is 9.97 Å². The quantitative estimate of drug-likeness (QED) is 0.167. The maximum Gasteiger partial charge on any atom is 0.145 e. The molecule has 2 aromatic heterocycles. The van der Waals surface area contributed by atoms with Crippen LogP contribution in [0.2, 0.25) is 0 Å². The van der Waals surface area contributed by atoms with Gasteiger partial charge in [0.05, 0.1) is 22.2 Å². The lowest BCUT2D eigenvalue weighted by Crippen LogP contribution is -1.97. The summed E-state index contributed by atoms with van der Waals surface area (Å²) in [5.74, 6) is 0.923. The Balaban J connectivity index is 1.17. The first-order valence-electron chi connectivity index (χ1n) is 18.7. The van der Waals surface area contributed by atoms with Crippen LogP contribution in [-0.2, 0) is 0 Å². The van der Waals surface area contributed by atoms with Gasteiger partial charge in [0, 0.05) is 27.6 Å². The van der Waals surface area contributed by atoms with Crippen LogP contribution < -0.4 is 0 Å². The average Bonchev–Trinajstić information content (AvgIpc) is 3.65. The zero-order chi connectivity index (χ0) is 36.3. The predicted molar refractivity (Wildman–Crippen MR) is 231 cm³/mol. The van der Waals surface area contributed by atoms with Gasteiger partial charge in [0.15, 0.2) is 0 Å². The molecule has 0 bridgehead atoms. The highest BCUT2D eigenvalue weighted by molar-refractivity contribution is 6.17. The van der Waals surface area contributed by atoms with Crippen molar-refractivity contribution in [1.29, 1.82) is 0 Å². The molecular formula is C52H33N3. The lowest BCUT2D eigenvalue weighted by atomic mass is 9.90. The summed E-state index contributed by atoms with van der Waals surface area (Å²) in [5, 5.41) is 8.27. The van der Waals surface area contributed by atoms with Gasteiger partial charge in [0.2, 0.25) is 0 Å².